The quantitative estimate of drug-likeness (QED) is 0.816. The maximum Gasteiger partial charge on any atom is 0.156 e. The summed E-state index contributed by atoms with van der Waals surface area (Å²) >= 11 is 0. The van der Waals surface area contributed by atoms with Crippen LogP contribution in [0.5, 0.6) is 0 Å². The molecular formula is C15H21NO2. The molecule has 1 heterocycles. The number of nitrogens with zero attached hydrogens (tertiary/aromatic N) is 1. The van der Waals surface area contributed by atoms with Crippen LogP contribution in [0.25, 0.3) is 0 Å². The van der Waals surface area contributed by atoms with E-state index in [2.05, 4.69) is 13.0 Å². The zero-order valence-electron chi connectivity index (χ0n) is 11.4. The third kappa shape index (κ3) is 1.85. The maximum atomic E-state index is 10.7. The predicted octanol–water partition coefficient (Wildman–Crippen LogP) is 3.21. The third-order valence-corrected chi connectivity index (χ3v) is 4.91. The molecule has 3 heteroatoms. The Kier molecular flexibility index (Phi) is 3.25. The van der Waals surface area contributed by atoms with Gasteiger partial charge in [0.1, 0.15) is 0 Å². The lowest BCUT2D eigenvalue weighted by atomic mass is 9.57. The lowest BCUT2D eigenvalue weighted by molar-refractivity contribution is -0.0913. The maximum absolute atomic E-state index is 10.7. The van der Waals surface area contributed by atoms with Gasteiger partial charge in [-0.1, -0.05) is 13.8 Å². The summed E-state index contributed by atoms with van der Waals surface area (Å²) in [6, 6.07) is 2.16. The Balaban J connectivity index is 2.36. The summed E-state index contributed by atoms with van der Waals surface area (Å²) in [5.41, 5.74) is 0.553. The molecule has 18 heavy (non-hydrogen) atoms. The highest BCUT2D eigenvalue weighted by Crippen LogP contribution is 2.50. The Hall–Kier alpha value is -1.27. The molecule has 0 radical (unpaired) electrons. The average molecular weight is 247 g/mol. The molecule has 1 aromatic rings. The predicted molar refractivity (Wildman–Crippen MR) is 68.8 cm³/mol. The van der Waals surface area contributed by atoms with Gasteiger partial charge in [-0.2, -0.15) is 5.26 Å². The molecule has 98 valence electrons. The first kappa shape index (κ1) is 13.2. The Morgan fingerprint density at radius 2 is 2.28 bits per heavy atom. The minimum Gasteiger partial charge on any atom is -0.472 e. The van der Waals surface area contributed by atoms with Gasteiger partial charge in [0.15, 0.2) is 5.60 Å². The van der Waals surface area contributed by atoms with Gasteiger partial charge in [-0.05, 0) is 49.7 Å². The van der Waals surface area contributed by atoms with Crippen molar-refractivity contribution in [3.8, 4) is 6.07 Å². The third-order valence-electron chi connectivity index (χ3n) is 4.91. The van der Waals surface area contributed by atoms with Crippen molar-refractivity contribution in [2.45, 2.75) is 52.1 Å². The van der Waals surface area contributed by atoms with E-state index in [1.165, 1.54) is 0 Å². The molecule has 1 saturated carbocycles. The molecule has 1 aliphatic rings. The van der Waals surface area contributed by atoms with Crippen molar-refractivity contribution in [2.75, 3.05) is 0 Å². The minimum absolute atomic E-state index is 0.324. The molecule has 0 amide bonds. The lowest BCUT2D eigenvalue weighted by Crippen LogP contribution is -2.53. The monoisotopic (exact) mass is 247 g/mol. The summed E-state index contributed by atoms with van der Waals surface area (Å²) in [6.45, 7) is 6.17. The second-order valence-corrected chi connectivity index (χ2v) is 5.94. The fourth-order valence-electron chi connectivity index (χ4n) is 3.14. The zero-order valence-corrected chi connectivity index (χ0v) is 11.4. The summed E-state index contributed by atoms with van der Waals surface area (Å²) in [6.07, 6.45) is 6.71. The molecule has 1 aromatic heterocycles. The van der Waals surface area contributed by atoms with Crippen molar-refractivity contribution < 1.29 is 9.52 Å². The van der Waals surface area contributed by atoms with Crippen molar-refractivity contribution in [1.29, 1.82) is 5.26 Å². The molecule has 0 spiro atoms. The number of rotatable bonds is 2. The molecule has 0 aromatic carbocycles. The van der Waals surface area contributed by atoms with Gasteiger partial charge in [0.05, 0.1) is 18.6 Å². The number of aryl methyl sites for hydroxylation is 1. The summed E-state index contributed by atoms with van der Waals surface area (Å²) < 4.78 is 5.20. The van der Waals surface area contributed by atoms with Crippen molar-refractivity contribution in [3.63, 3.8) is 0 Å². The molecule has 0 saturated heterocycles. The van der Waals surface area contributed by atoms with Gasteiger partial charge in [-0.15, -0.1) is 0 Å². The van der Waals surface area contributed by atoms with E-state index in [4.69, 9.17) is 4.42 Å². The number of hydrogen-bond acceptors (Lipinski definition) is 3. The Morgan fingerprint density at radius 3 is 2.83 bits per heavy atom. The van der Waals surface area contributed by atoms with E-state index in [1.54, 1.807) is 12.5 Å². The SMILES string of the molecule is Cc1cocc1C[C@]1(C)[C@@H](C)CCC[C@@]1(O)C#N. The summed E-state index contributed by atoms with van der Waals surface area (Å²) in [7, 11) is 0. The smallest absolute Gasteiger partial charge is 0.156 e. The fraction of sp³-hybridized carbons (Fsp3) is 0.667. The topological polar surface area (TPSA) is 57.2 Å². The van der Waals surface area contributed by atoms with Gasteiger partial charge < -0.3 is 9.52 Å². The first-order valence-corrected chi connectivity index (χ1v) is 6.58. The Labute approximate surface area is 108 Å². The van der Waals surface area contributed by atoms with Gasteiger partial charge in [-0.25, -0.2) is 0 Å². The van der Waals surface area contributed by atoms with E-state index < -0.39 is 11.0 Å². The van der Waals surface area contributed by atoms with Crippen LogP contribution in [0, 0.1) is 29.6 Å². The number of hydrogen-bond donors (Lipinski definition) is 1. The summed E-state index contributed by atoms with van der Waals surface area (Å²) in [4.78, 5) is 0. The molecule has 2 rings (SSSR count). The van der Waals surface area contributed by atoms with E-state index in [1.807, 2.05) is 13.8 Å². The molecule has 1 aliphatic carbocycles. The van der Waals surface area contributed by atoms with Crippen LogP contribution in [0.4, 0.5) is 0 Å². The van der Waals surface area contributed by atoms with Gasteiger partial charge >= 0.3 is 0 Å². The van der Waals surface area contributed by atoms with Gasteiger partial charge in [0.25, 0.3) is 0 Å². The van der Waals surface area contributed by atoms with Crippen LogP contribution in [0.2, 0.25) is 0 Å². The molecule has 1 fully saturated rings. The highest BCUT2D eigenvalue weighted by atomic mass is 16.3. The molecular weight excluding hydrogens is 226 g/mol. The van der Waals surface area contributed by atoms with E-state index in [9.17, 15) is 10.4 Å². The molecule has 3 nitrogen and oxygen atoms in total. The fourth-order valence-corrected chi connectivity index (χ4v) is 3.14. The highest BCUT2D eigenvalue weighted by Gasteiger charge is 2.52. The van der Waals surface area contributed by atoms with E-state index >= 15 is 0 Å². The molecule has 1 N–H and O–H groups in total. The van der Waals surface area contributed by atoms with Crippen LogP contribution in [-0.2, 0) is 6.42 Å². The Morgan fingerprint density at radius 1 is 1.56 bits per heavy atom. The minimum atomic E-state index is -1.23. The standard InChI is InChI=1S/C15H21NO2/c1-11-8-18-9-13(11)7-14(3)12(2)5-4-6-15(14,17)10-16/h8-9,12,17H,4-7H2,1-3H3/t12-,14+,15+/m0/s1. The van der Waals surface area contributed by atoms with E-state index in [0.717, 1.165) is 24.0 Å². The second kappa shape index (κ2) is 4.44. The van der Waals surface area contributed by atoms with Crippen molar-refractivity contribution in [2.24, 2.45) is 11.3 Å². The lowest BCUT2D eigenvalue weighted by Gasteiger charge is -2.48. The van der Waals surface area contributed by atoms with Crippen molar-refractivity contribution >= 4 is 0 Å². The van der Waals surface area contributed by atoms with E-state index in [0.29, 0.717) is 18.8 Å². The summed E-state index contributed by atoms with van der Waals surface area (Å²) in [5.74, 6) is 0.324. The second-order valence-electron chi connectivity index (χ2n) is 5.94. The summed E-state index contributed by atoms with van der Waals surface area (Å²) in [5, 5.41) is 20.0. The van der Waals surface area contributed by atoms with Crippen molar-refractivity contribution in [1.82, 2.24) is 0 Å². The zero-order chi connectivity index (χ0) is 13.4. The molecule has 0 unspecified atom stereocenters. The van der Waals surface area contributed by atoms with Crippen LogP contribution < -0.4 is 0 Å². The van der Waals surface area contributed by atoms with Gasteiger partial charge in [0, 0.05) is 5.41 Å². The van der Waals surface area contributed by atoms with Crippen LogP contribution in [0.15, 0.2) is 16.9 Å². The first-order valence-electron chi connectivity index (χ1n) is 6.58. The Bertz CT molecular complexity index is 473. The number of aliphatic hydroxyl groups is 1. The normalized spacial score (nSPS) is 36.3. The van der Waals surface area contributed by atoms with Crippen molar-refractivity contribution in [3.05, 3.63) is 23.7 Å². The van der Waals surface area contributed by atoms with Gasteiger partial charge in [-0.3, -0.25) is 0 Å². The number of furan rings is 1. The average Bonchev–Trinajstić information content (AvgIpc) is 2.72. The molecule has 3 atom stereocenters. The largest absolute Gasteiger partial charge is 0.472 e. The van der Waals surface area contributed by atoms with Crippen LogP contribution >= 0.6 is 0 Å². The number of nitriles is 1. The van der Waals surface area contributed by atoms with Crippen LogP contribution in [-0.4, -0.2) is 10.7 Å². The molecule has 0 aliphatic heterocycles. The van der Waals surface area contributed by atoms with E-state index in [-0.39, 0.29) is 0 Å². The highest BCUT2D eigenvalue weighted by molar-refractivity contribution is 5.25. The van der Waals surface area contributed by atoms with Gasteiger partial charge in [0.2, 0.25) is 0 Å². The van der Waals surface area contributed by atoms with Crippen LogP contribution in [0.1, 0.15) is 44.2 Å². The molecule has 0 bridgehead atoms. The first-order chi connectivity index (χ1) is 8.43. The van der Waals surface area contributed by atoms with Crippen LogP contribution in [0.3, 0.4) is 0 Å².